The molecule has 1 amide bonds. The van der Waals surface area contributed by atoms with E-state index in [0.717, 1.165) is 34.0 Å². The third kappa shape index (κ3) is 5.69. The van der Waals surface area contributed by atoms with Crippen molar-refractivity contribution in [2.75, 3.05) is 23.4 Å². The van der Waals surface area contributed by atoms with Crippen molar-refractivity contribution in [2.45, 2.75) is 34.6 Å². The Morgan fingerprint density at radius 2 is 1.75 bits per heavy atom. The van der Waals surface area contributed by atoms with E-state index in [9.17, 15) is 14.4 Å². The first-order chi connectivity index (χ1) is 13.2. The number of nitrogens with one attached hydrogen (secondary N) is 1. The van der Waals surface area contributed by atoms with Crippen LogP contribution >= 0.6 is 11.8 Å². The van der Waals surface area contributed by atoms with Crippen molar-refractivity contribution in [2.24, 2.45) is 0 Å². The van der Waals surface area contributed by atoms with Gasteiger partial charge in [0.15, 0.2) is 12.4 Å². The number of hydrogen-bond acceptors (Lipinski definition) is 7. The summed E-state index contributed by atoms with van der Waals surface area (Å²) in [6.45, 7) is 9.24. The van der Waals surface area contributed by atoms with E-state index in [2.05, 4.69) is 10.5 Å². The van der Waals surface area contributed by atoms with E-state index < -0.39 is 5.97 Å². The second-order valence-electron chi connectivity index (χ2n) is 6.56. The van der Waals surface area contributed by atoms with Crippen LogP contribution in [0.25, 0.3) is 0 Å². The summed E-state index contributed by atoms with van der Waals surface area (Å²) in [4.78, 5) is 36.0. The third-order valence-corrected chi connectivity index (χ3v) is 5.40. The van der Waals surface area contributed by atoms with E-state index in [-0.39, 0.29) is 29.8 Å². The molecular weight excluding hydrogens is 380 g/mol. The van der Waals surface area contributed by atoms with Crippen LogP contribution in [0.2, 0.25) is 0 Å². The van der Waals surface area contributed by atoms with Crippen molar-refractivity contribution in [1.82, 2.24) is 5.16 Å². The molecule has 0 aliphatic heterocycles. The van der Waals surface area contributed by atoms with Gasteiger partial charge in [-0.3, -0.25) is 14.4 Å². The van der Waals surface area contributed by atoms with Crippen LogP contribution in [-0.2, 0) is 14.3 Å². The maximum Gasteiger partial charge on any atom is 0.316 e. The third-order valence-electron chi connectivity index (χ3n) is 4.49. The number of benzene rings is 1. The van der Waals surface area contributed by atoms with E-state index >= 15 is 0 Å². The SMILES string of the molecule is Cc1cc(NC(=O)CSCC(=O)OCC(=O)c2cc(C)c(C)c(C)c2C)no1. The van der Waals surface area contributed by atoms with Crippen LogP contribution in [0.3, 0.4) is 0 Å². The molecule has 1 aromatic carbocycles. The van der Waals surface area contributed by atoms with Crippen molar-refractivity contribution in [3.63, 3.8) is 0 Å². The van der Waals surface area contributed by atoms with Gasteiger partial charge in [-0.1, -0.05) is 5.16 Å². The van der Waals surface area contributed by atoms with E-state index in [4.69, 9.17) is 9.26 Å². The molecule has 0 bridgehead atoms. The summed E-state index contributed by atoms with van der Waals surface area (Å²) in [5.74, 6) is -0.125. The van der Waals surface area contributed by atoms with Gasteiger partial charge in [-0.25, -0.2) is 0 Å². The number of ether oxygens (including phenoxy) is 1. The molecule has 2 rings (SSSR count). The lowest BCUT2D eigenvalue weighted by Crippen LogP contribution is -2.19. The zero-order valence-corrected chi connectivity index (χ0v) is 17.5. The number of aromatic nitrogens is 1. The molecule has 0 aliphatic carbocycles. The summed E-state index contributed by atoms with van der Waals surface area (Å²) in [5, 5.41) is 6.21. The van der Waals surface area contributed by atoms with Crippen LogP contribution in [0.15, 0.2) is 16.7 Å². The maximum atomic E-state index is 12.4. The van der Waals surface area contributed by atoms with E-state index in [1.165, 1.54) is 0 Å². The van der Waals surface area contributed by atoms with E-state index in [1.807, 2.05) is 33.8 Å². The van der Waals surface area contributed by atoms with Crippen LogP contribution in [0.5, 0.6) is 0 Å². The summed E-state index contributed by atoms with van der Waals surface area (Å²) >= 11 is 1.10. The largest absolute Gasteiger partial charge is 0.457 e. The summed E-state index contributed by atoms with van der Waals surface area (Å²) in [7, 11) is 0. The van der Waals surface area contributed by atoms with Crippen LogP contribution < -0.4 is 5.32 Å². The van der Waals surface area contributed by atoms with Crippen LogP contribution in [-0.4, -0.2) is 40.9 Å². The Kier molecular flexibility index (Phi) is 7.39. The molecule has 150 valence electrons. The fraction of sp³-hybridized carbons (Fsp3) is 0.400. The van der Waals surface area contributed by atoms with Crippen molar-refractivity contribution >= 4 is 35.2 Å². The van der Waals surface area contributed by atoms with Gasteiger partial charge in [0.05, 0.1) is 11.5 Å². The molecule has 0 saturated heterocycles. The van der Waals surface area contributed by atoms with Gasteiger partial charge < -0.3 is 14.6 Å². The first-order valence-corrected chi connectivity index (χ1v) is 9.91. The smallest absolute Gasteiger partial charge is 0.316 e. The summed E-state index contributed by atoms with van der Waals surface area (Å²) in [6, 6.07) is 3.43. The summed E-state index contributed by atoms with van der Waals surface area (Å²) in [6.07, 6.45) is 0. The Balaban J connectivity index is 1.76. The lowest BCUT2D eigenvalue weighted by atomic mass is 9.93. The molecular formula is C20H24N2O5S. The van der Waals surface area contributed by atoms with Crippen molar-refractivity contribution in [3.05, 3.63) is 45.7 Å². The number of aryl methyl sites for hydroxylation is 2. The molecule has 0 atom stereocenters. The Hall–Kier alpha value is -2.61. The molecule has 1 aromatic heterocycles. The lowest BCUT2D eigenvalue weighted by Gasteiger charge is -2.13. The minimum absolute atomic E-state index is 0.0243. The average Bonchev–Trinajstić information content (AvgIpc) is 3.05. The molecule has 1 N–H and O–H groups in total. The van der Waals surface area contributed by atoms with Gasteiger partial charge in [-0.2, -0.15) is 0 Å². The Morgan fingerprint density at radius 1 is 1.04 bits per heavy atom. The first kappa shape index (κ1) is 21.7. The molecule has 8 heteroatoms. The summed E-state index contributed by atoms with van der Waals surface area (Å²) in [5.41, 5.74) is 4.73. The minimum atomic E-state index is -0.540. The molecule has 0 radical (unpaired) electrons. The van der Waals surface area contributed by atoms with Gasteiger partial charge >= 0.3 is 5.97 Å². The zero-order valence-electron chi connectivity index (χ0n) is 16.7. The highest BCUT2D eigenvalue weighted by atomic mass is 32.2. The molecule has 7 nitrogen and oxygen atoms in total. The maximum absolute atomic E-state index is 12.4. The normalized spacial score (nSPS) is 10.6. The number of esters is 1. The molecule has 0 unspecified atom stereocenters. The fourth-order valence-electron chi connectivity index (χ4n) is 2.60. The Bertz CT molecular complexity index is 904. The number of hydrogen-bond donors (Lipinski definition) is 1. The number of anilines is 1. The molecule has 0 fully saturated rings. The highest BCUT2D eigenvalue weighted by molar-refractivity contribution is 8.00. The summed E-state index contributed by atoms with van der Waals surface area (Å²) < 4.78 is 9.91. The average molecular weight is 404 g/mol. The second-order valence-corrected chi connectivity index (χ2v) is 7.55. The van der Waals surface area contributed by atoms with Crippen LogP contribution in [0, 0.1) is 34.6 Å². The van der Waals surface area contributed by atoms with Gasteiger partial charge in [0.1, 0.15) is 5.76 Å². The predicted octanol–water partition coefficient (Wildman–Crippen LogP) is 3.31. The Labute approximate surface area is 168 Å². The van der Waals surface area contributed by atoms with Crippen molar-refractivity contribution < 1.29 is 23.6 Å². The minimum Gasteiger partial charge on any atom is -0.457 e. The Morgan fingerprint density at radius 3 is 2.39 bits per heavy atom. The second kappa shape index (κ2) is 9.54. The molecule has 2 aromatic rings. The van der Waals surface area contributed by atoms with Crippen molar-refractivity contribution in [3.8, 4) is 0 Å². The zero-order chi connectivity index (χ0) is 20.8. The number of Topliss-reactive ketones (excluding diaryl/α,β-unsaturated/α-hetero) is 1. The first-order valence-electron chi connectivity index (χ1n) is 8.76. The lowest BCUT2D eigenvalue weighted by molar-refractivity contribution is -0.139. The molecule has 0 spiro atoms. The number of carbonyl (C=O) groups is 3. The fourth-order valence-corrected chi connectivity index (χ4v) is 3.21. The quantitative estimate of drug-likeness (QED) is 0.532. The van der Waals surface area contributed by atoms with Gasteiger partial charge in [0.2, 0.25) is 11.7 Å². The number of ketones is 1. The highest BCUT2D eigenvalue weighted by Gasteiger charge is 2.16. The van der Waals surface area contributed by atoms with Gasteiger partial charge in [0, 0.05) is 11.6 Å². The number of amides is 1. The molecule has 0 aliphatic rings. The van der Waals surface area contributed by atoms with Crippen molar-refractivity contribution in [1.29, 1.82) is 0 Å². The van der Waals surface area contributed by atoms with Crippen LogP contribution in [0.4, 0.5) is 5.82 Å². The van der Waals surface area contributed by atoms with E-state index in [1.54, 1.807) is 13.0 Å². The molecule has 1 heterocycles. The number of carbonyl (C=O) groups excluding carboxylic acids is 3. The van der Waals surface area contributed by atoms with Gasteiger partial charge in [0.25, 0.3) is 0 Å². The number of rotatable bonds is 8. The van der Waals surface area contributed by atoms with E-state index in [0.29, 0.717) is 17.1 Å². The number of nitrogens with zero attached hydrogens (tertiary/aromatic N) is 1. The topological polar surface area (TPSA) is 98.5 Å². The van der Waals surface area contributed by atoms with Gasteiger partial charge in [-0.05, 0) is 62.9 Å². The molecule has 0 saturated carbocycles. The standard InChI is InChI=1S/C20H24N2O5S/c1-11-6-16(15(5)14(4)13(11)3)17(23)8-26-20(25)10-28-9-19(24)21-18-7-12(2)27-22-18/h6-7H,8-10H2,1-5H3,(H,21,22,24). The monoisotopic (exact) mass is 404 g/mol. The van der Waals surface area contributed by atoms with Crippen LogP contribution in [0.1, 0.15) is 38.4 Å². The van der Waals surface area contributed by atoms with Gasteiger partial charge in [-0.15, -0.1) is 11.8 Å². The highest BCUT2D eigenvalue weighted by Crippen LogP contribution is 2.21. The molecule has 28 heavy (non-hydrogen) atoms. The predicted molar refractivity (Wildman–Crippen MR) is 108 cm³/mol. The number of thioether (sulfide) groups is 1.